The van der Waals surface area contributed by atoms with E-state index in [-0.39, 0.29) is 0 Å². The summed E-state index contributed by atoms with van der Waals surface area (Å²) < 4.78 is 1.98. The second-order valence-corrected chi connectivity index (χ2v) is 4.59. The third-order valence-electron chi connectivity index (χ3n) is 2.14. The lowest BCUT2D eigenvalue weighted by molar-refractivity contribution is -0.464. The van der Waals surface area contributed by atoms with Crippen LogP contribution in [0.3, 0.4) is 0 Å². The SMILES string of the molecule is C[N+](C)=C(Nc1ccccc1)Nc1nccs1. The summed E-state index contributed by atoms with van der Waals surface area (Å²) in [5, 5.41) is 9.38. The third kappa shape index (κ3) is 3.29. The minimum atomic E-state index is 0.872. The highest BCUT2D eigenvalue weighted by Gasteiger charge is 2.11. The number of benzene rings is 1. The fourth-order valence-corrected chi connectivity index (χ4v) is 1.83. The fourth-order valence-electron chi connectivity index (χ4n) is 1.30. The molecule has 0 bridgehead atoms. The molecule has 0 amide bonds. The van der Waals surface area contributed by atoms with E-state index < -0.39 is 0 Å². The second-order valence-electron chi connectivity index (χ2n) is 3.70. The van der Waals surface area contributed by atoms with Crippen LogP contribution in [0.4, 0.5) is 10.8 Å². The number of hydrogen-bond acceptors (Lipinski definition) is 2. The van der Waals surface area contributed by atoms with E-state index in [1.165, 1.54) is 0 Å². The first kappa shape index (κ1) is 11.6. The summed E-state index contributed by atoms with van der Waals surface area (Å²) in [6.45, 7) is 0. The van der Waals surface area contributed by atoms with Crippen LogP contribution in [0.25, 0.3) is 0 Å². The molecule has 5 heteroatoms. The molecule has 0 saturated heterocycles. The zero-order valence-corrected chi connectivity index (χ0v) is 10.7. The number of para-hydroxylation sites is 1. The highest BCUT2D eigenvalue weighted by Crippen LogP contribution is 2.11. The van der Waals surface area contributed by atoms with Crippen molar-refractivity contribution in [2.24, 2.45) is 0 Å². The molecule has 0 unspecified atom stereocenters. The van der Waals surface area contributed by atoms with E-state index in [1.807, 2.05) is 54.4 Å². The van der Waals surface area contributed by atoms with Gasteiger partial charge in [-0.3, -0.25) is 4.58 Å². The van der Waals surface area contributed by atoms with E-state index in [0.717, 1.165) is 16.8 Å². The van der Waals surface area contributed by atoms with Crippen molar-refractivity contribution < 1.29 is 4.58 Å². The van der Waals surface area contributed by atoms with Gasteiger partial charge in [-0.05, 0) is 12.1 Å². The number of anilines is 2. The topological polar surface area (TPSA) is 40.0 Å². The molecule has 0 radical (unpaired) electrons. The average Bonchev–Trinajstić information content (AvgIpc) is 2.82. The Morgan fingerprint density at radius 3 is 2.53 bits per heavy atom. The lowest BCUT2D eigenvalue weighted by Gasteiger charge is -2.06. The minimum absolute atomic E-state index is 0.872. The maximum Gasteiger partial charge on any atom is 0.357 e. The maximum absolute atomic E-state index is 4.20. The summed E-state index contributed by atoms with van der Waals surface area (Å²) in [5.41, 5.74) is 1.04. The third-order valence-corrected chi connectivity index (χ3v) is 2.83. The predicted octanol–water partition coefficient (Wildman–Crippen LogP) is 2.30. The van der Waals surface area contributed by atoms with Gasteiger partial charge in [0, 0.05) is 11.6 Å². The summed E-state index contributed by atoms with van der Waals surface area (Å²) in [6, 6.07) is 10.0. The average molecular weight is 247 g/mol. The number of hydrogen-bond donors (Lipinski definition) is 2. The van der Waals surface area contributed by atoms with Crippen molar-refractivity contribution in [3.05, 3.63) is 41.9 Å². The first-order valence-corrected chi connectivity index (χ1v) is 6.16. The van der Waals surface area contributed by atoms with Crippen molar-refractivity contribution >= 4 is 28.1 Å². The van der Waals surface area contributed by atoms with Gasteiger partial charge in [-0.25, -0.2) is 15.6 Å². The molecule has 1 aromatic carbocycles. The van der Waals surface area contributed by atoms with Crippen LogP contribution in [0.2, 0.25) is 0 Å². The number of rotatable bonds is 2. The number of nitrogens with zero attached hydrogens (tertiary/aromatic N) is 2. The molecule has 2 N–H and O–H groups in total. The first-order valence-electron chi connectivity index (χ1n) is 5.28. The highest BCUT2D eigenvalue weighted by molar-refractivity contribution is 7.13. The quantitative estimate of drug-likeness (QED) is 0.486. The van der Waals surface area contributed by atoms with Gasteiger partial charge >= 0.3 is 5.96 Å². The molecular weight excluding hydrogens is 232 g/mol. The Hall–Kier alpha value is -1.88. The highest BCUT2D eigenvalue weighted by atomic mass is 32.1. The Kier molecular flexibility index (Phi) is 3.72. The zero-order chi connectivity index (χ0) is 12.1. The van der Waals surface area contributed by atoms with Gasteiger partial charge in [-0.1, -0.05) is 29.5 Å². The van der Waals surface area contributed by atoms with E-state index >= 15 is 0 Å². The van der Waals surface area contributed by atoms with Crippen LogP contribution < -0.4 is 10.6 Å². The summed E-state index contributed by atoms with van der Waals surface area (Å²) in [4.78, 5) is 4.20. The summed E-state index contributed by atoms with van der Waals surface area (Å²) in [5.74, 6) is 0.895. The van der Waals surface area contributed by atoms with E-state index in [2.05, 4.69) is 15.6 Å². The van der Waals surface area contributed by atoms with Gasteiger partial charge in [0.1, 0.15) is 0 Å². The van der Waals surface area contributed by atoms with Crippen LogP contribution >= 0.6 is 11.3 Å². The van der Waals surface area contributed by atoms with Crippen LogP contribution in [0, 0.1) is 0 Å². The van der Waals surface area contributed by atoms with Crippen molar-refractivity contribution in [3.8, 4) is 0 Å². The van der Waals surface area contributed by atoms with Gasteiger partial charge < -0.3 is 0 Å². The maximum atomic E-state index is 4.20. The van der Waals surface area contributed by atoms with E-state index in [4.69, 9.17) is 0 Å². The molecule has 2 rings (SSSR count). The Morgan fingerprint density at radius 1 is 1.18 bits per heavy atom. The number of thiazole rings is 1. The number of guanidine groups is 1. The molecule has 0 spiro atoms. The van der Waals surface area contributed by atoms with Crippen molar-refractivity contribution in [2.45, 2.75) is 0 Å². The molecule has 0 aliphatic heterocycles. The Labute approximate surface area is 105 Å². The molecular formula is C12H15N4S+. The standard InChI is InChI=1S/C12H14N4S/c1-16(2)11(15-12-13-8-9-17-12)14-10-6-4-3-5-7-10/h3-9H,1-2H3,(H,13,14,15)/p+1. The summed E-state index contributed by atoms with van der Waals surface area (Å²) >= 11 is 1.57. The van der Waals surface area contributed by atoms with E-state index in [1.54, 1.807) is 17.5 Å². The zero-order valence-electron chi connectivity index (χ0n) is 9.84. The van der Waals surface area contributed by atoms with Crippen molar-refractivity contribution in [1.82, 2.24) is 4.98 Å². The Balaban J connectivity index is 2.12. The van der Waals surface area contributed by atoms with Crippen LogP contribution in [0.5, 0.6) is 0 Å². The Morgan fingerprint density at radius 2 is 1.94 bits per heavy atom. The van der Waals surface area contributed by atoms with Crippen LogP contribution in [-0.4, -0.2) is 29.6 Å². The van der Waals surface area contributed by atoms with Gasteiger partial charge in [-0.15, -0.1) is 0 Å². The molecule has 1 aromatic heterocycles. The normalized spacial score (nSPS) is 9.76. The summed E-state index contributed by atoms with van der Waals surface area (Å²) in [7, 11) is 3.96. The molecule has 0 atom stereocenters. The molecule has 0 saturated carbocycles. The van der Waals surface area contributed by atoms with Crippen molar-refractivity contribution in [2.75, 3.05) is 24.7 Å². The molecule has 88 valence electrons. The molecule has 0 aliphatic carbocycles. The predicted molar refractivity (Wildman–Crippen MR) is 72.9 cm³/mol. The summed E-state index contributed by atoms with van der Waals surface area (Å²) in [6.07, 6.45) is 1.78. The lowest BCUT2D eigenvalue weighted by Crippen LogP contribution is -2.30. The molecule has 2 aromatic rings. The van der Waals surface area contributed by atoms with Crippen molar-refractivity contribution in [1.29, 1.82) is 0 Å². The van der Waals surface area contributed by atoms with Gasteiger partial charge in [0.25, 0.3) is 0 Å². The smallest absolute Gasteiger partial charge is 0.270 e. The molecule has 0 fully saturated rings. The second kappa shape index (κ2) is 5.45. The number of aromatic nitrogens is 1. The van der Waals surface area contributed by atoms with E-state index in [0.29, 0.717) is 0 Å². The van der Waals surface area contributed by atoms with Crippen molar-refractivity contribution in [3.63, 3.8) is 0 Å². The Bertz CT molecular complexity index is 486. The van der Waals surface area contributed by atoms with Gasteiger partial charge in [0.15, 0.2) is 0 Å². The van der Waals surface area contributed by atoms with Gasteiger partial charge in [0.05, 0.1) is 19.8 Å². The lowest BCUT2D eigenvalue weighted by atomic mass is 10.3. The minimum Gasteiger partial charge on any atom is -0.270 e. The van der Waals surface area contributed by atoms with Crippen LogP contribution in [0.15, 0.2) is 41.9 Å². The van der Waals surface area contributed by atoms with Gasteiger partial charge in [-0.2, -0.15) is 0 Å². The molecule has 4 nitrogen and oxygen atoms in total. The first-order chi connectivity index (χ1) is 8.25. The number of nitrogens with one attached hydrogen (secondary N) is 2. The van der Waals surface area contributed by atoms with E-state index in [9.17, 15) is 0 Å². The van der Waals surface area contributed by atoms with Crippen LogP contribution in [-0.2, 0) is 0 Å². The fraction of sp³-hybridized carbons (Fsp3) is 0.167. The van der Waals surface area contributed by atoms with Gasteiger partial charge in [0.2, 0.25) is 5.13 Å². The van der Waals surface area contributed by atoms with Crippen LogP contribution in [0.1, 0.15) is 0 Å². The monoisotopic (exact) mass is 247 g/mol. The molecule has 17 heavy (non-hydrogen) atoms. The largest absolute Gasteiger partial charge is 0.357 e. The molecule has 0 aliphatic rings. The molecule has 1 heterocycles.